The summed E-state index contributed by atoms with van der Waals surface area (Å²) < 4.78 is 25.3. The minimum absolute atomic E-state index is 0.0191. The predicted molar refractivity (Wildman–Crippen MR) is 58.0 cm³/mol. The van der Waals surface area contributed by atoms with Crippen LogP contribution in [0.2, 0.25) is 0 Å². The summed E-state index contributed by atoms with van der Waals surface area (Å²) in [5.41, 5.74) is 0. The van der Waals surface area contributed by atoms with Crippen LogP contribution in [0.3, 0.4) is 0 Å². The summed E-state index contributed by atoms with van der Waals surface area (Å²) in [6.45, 7) is 3.48. The number of nitrogens with one attached hydrogen (secondary N) is 1. The minimum atomic E-state index is -3.26. The van der Waals surface area contributed by atoms with Gasteiger partial charge in [-0.15, -0.1) is 11.6 Å². The van der Waals surface area contributed by atoms with E-state index in [4.69, 9.17) is 16.7 Å². The molecule has 0 aliphatic carbocycles. The Hall–Kier alpha value is 0.160. The molecule has 14 heavy (non-hydrogen) atoms. The first kappa shape index (κ1) is 14.2. The third-order valence-corrected chi connectivity index (χ3v) is 4.01. The van der Waals surface area contributed by atoms with Gasteiger partial charge in [0.2, 0.25) is 10.0 Å². The number of hydrogen-bond acceptors (Lipinski definition) is 3. The molecular formula is C8H18ClNO3S. The zero-order valence-corrected chi connectivity index (χ0v) is 10.1. The van der Waals surface area contributed by atoms with Gasteiger partial charge in [0.1, 0.15) is 0 Å². The molecule has 0 spiro atoms. The SMILES string of the molecule is CC(CCl)CS(=O)(=O)NC(C)CCO. The molecule has 0 heterocycles. The molecule has 0 aliphatic heterocycles. The molecule has 0 aromatic rings. The molecule has 2 unspecified atom stereocenters. The van der Waals surface area contributed by atoms with Crippen molar-refractivity contribution < 1.29 is 13.5 Å². The van der Waals surface area contributed by atoms with E-state index in [-0.39, 0.29) is 24.3 Å². The van der Waals surface area contributed by atoms with Gasteiger partial charge >= 0.3 is 0 Å². The molecule has 2 atom stereocenters. The van der Waals surface area contributed by atoms with Crippen LogP contribution in [0.15, 0.2) is 0 Å². The van der Waals surface area contributed by atoms with Crippen molar-refractivity contribution in [2.24, 2.45) is 5.92 Å². The Morgan fingerprint density at radius 1 is 1.43 bits per heavy atom. The molecule has 2 N–H and O–H groups in total. The van der Waals surface area contributed by atoms with Crippen molar-refractivity contribution in [1.82, 2.24) is 4.72 Å². The number of aliphatic hydroxyl groups is 1. The van der Waals surface area contributed by atoms with Crippen LogP contribution in [-0.4, -0.2) is 37.8 Å². The van der Waals surface area contributed by atoms with Crippen molar-refractivity contribution in [2.45, 2.75) is 26.3 Å². The molecule has 0 aromatic heterocycles. The first-order valence-electron chi connectivity index (χ1n) is 4.58. The van der Waals surface area contributed by atoms with E-state index in [0.717, 1.165) is 0 Å². The molecule has 6 heteroatoms. The average Bonchev–Trinajstić information content (AvgIpc) is 2.02. The van der Waals surface area contributed by atoms with Crippen LogP contribution in [0.4, 0.5) is 0 Å². The van der Waals surface area contributed by atoms with E-state index in [1.165, 1.54) is 0 Å². The van der Waals surface area contributed by atoms with Crippen molar-refractivity contribution in [1.29, 1.82) is 0 Å². The van der Waals surface area contributed by atoms with Gasteiger partial charge in [0.25, 0.3) is 0 Å². The van der Waals surface area contributed by atoms with Crippen molar-refractivity contribution in [2.75, 3.05) is 18.2 Å². The van der Waals surface area contributed by atoms with Gasteiger partial charge in [0.05, 0.1) is 5.75 Å². The fraction of sp³-hybridized carbons (Fsp3) is 1.00. The van der Waals surface area contributed by atoms with Crippen LogP contribution in [0.1, 0.15) is 20.3 Å². The summed E-state index contributed by atoms with van der Waals surface area (Å²) in [7, 11) is -3.26. The van der Waals surface area contributed by atoms with Crippen molar-refractivity contribution in [3.63, 3.8) is 0 Å². The van der Waals surface area contributed by atoms with Gasteiger partial charge in [-0.1, -0.05) is 6.92 Å². The zero-order valence-electron chi connectivity index (χ0n) is 8.53. The Kier molecular flexibility index (Phi) is 6.68. The maximum Gasteiger partial charge on any atom is 0.212 e. The van der Waals surface area contributed by atoms with E-state index in [0.29, 0.717) is 12.3 Å². The van der Waals surface area contributed by atoms with Gasteiger partial charge in [-0.2, -0.15) is 0 Å². The van der Waals surface area contributed by atoms with E-state index in [1.807, 2.05) is 0 Å². The molecule has 0 saturated heterocycles. The maximum absolute atomic E-state index is 11.4. The third kappa shape index (κ3) is 6.59. The second-order valence-electron chi connectivity index (χ2n) is 3.57. The summed E-state index contributed by atoms with van der Waals surface area (Å²) in [6.07, 6.45) is 0.425. The summed E-state index contributed by atoms with van der Waals surface area (Å²) >= 11 is 5.52. The zero-order chi connectivity index (χ0) is 11.2. The summed E-state index contributed by atoms with van der Waals surface area (Å²) in [5.74, 6) is 0.303. The summed E-state index contributed by atoms with van der Waals surface area (Å²) in [5, 5.41) is 8.61. The minimum Gasteiger partial charge on any atom is -0.396 e. The van der Waals surface area contributed by atoms with Gasteiger partial charge in [0.15, 0.2) is 0 Å². The van der Waals surface area contributed by atoms with Gasteiger partial charge in [-0.3, -0.25) is 0 Å². The first-order valence-corrected chi connectivity index (χ1v) is 6.76. The molecule has 0 radical (unpaired) electrons. The number of halogens is 1. The van der Waals surface area contributed by atoms with Crippen LogP contribution in [0.5, 0.6) is 0 Å². The van der Waals surface area contributed by atoms with Crippen LogP contribution < -0.4 is 4.72 Å². The average molecular weight is 244 g/mol. The normalized spacial score (nSPS) is 16.6. The molecule has 0 saturated carbocycles. The Morgan fingerprint density at radius 2 is 2.00 bits per heavy atom. The van der Waals surface area contributed by atoms with Crippen LogP contribution in [0, 0.1) is 5.92 Å². The Balaban J connectivity index is 4.07. The van der Waals surface area contributed by atoms with Crippen molar-refractivity contribution in [3.05, 3.63) is 0 Å². The number of rotatable bonds is 7. The van der Waals surface area contributed by atoms with Gasteiger partial charge < -0.3 is 5.11 Å². The standard InChI is InChI=1S/C8H18ClNO3S/c1-7(5-9)6-14(12,13)10-8(2)3-4-11/h7-8,10-11H,3-6H2,1-2H3. The Labute approximate surface area is 90.7 Å². The highest BCUT2D eigenvalue weighted by Crippen LogP contribution is 2.03. The Morgan fingerprint density at radius 3 is 2.43 bits per heavy atom. The summed E-state index contributed by atoms with van der Waals surface area (Å²) in [6, 6.07) is -0.229. The largest absolute Gasteiger partial charge is 0.396 e. The molecule has 0 bridgehead atoms. The topological polar surface area (TPSA) is 66.4 Å². The fourth-order valence-corrected chi connectivity index (χ4v) is 2.96. The molecule has 4 nitrogen and oxygen atoms in total. The number of alkyl halides is 1. The fourth-order valence-electron chi connectivity index (χ4n) is 1.03. The highest BCUT2D eigenvalue weighted by Gasteiger charge is 2.17. The lowest BCUT2D eigenvalue weighted by molar-refractivity contribution is 0.275. The van der Waals surface area contributed by atoms with E-state index in [9.17, 15) is 8.42 Å². The van der Waals surface area contributed by atoms with Gasteiger partial charge in [-0.05, 0) is 19.3 Å². The molecule has 0 fully saturated rings. The molecule has 86 valence electrons. The van der Waals surface area contributed by atoms with Crippen LogP contribution >= 0.6 is 11.6 Å². The lowest BCUT2D eigenvalue weighted by Crippen LogP contribution is -2.36. The number of aliphatic hydroxyl groups excluding tert-OH is 1. The highest BCUT2D eigenvalue weighted by atomic mass is 35.5. The predicted octanol–water partition coefficient (Wildman–Crippen LogP) is 0.552. The maximum atomic E-state index is 11.4. The third-order valence-electron chi connectivity index (χ3n) is 1.71. The lowest BCUT2D eigenvalue weighted by atomic mass is 10.3. The molecule has 0 rings (SSSR count). The highest BCUT2D eigenvalue weighted by molar-refractivity contribution is 7.89. The number of hydrogen-bond donors (Lipinski definition) is 2. The van der Waals surface area contributed by atoms with Crippen molar-refractivity contribution in [3.8, 4) is 0 Å². The molecule has 0 aliphatic rings. The first-order chi connectivity index (χ1) is 6.41. The Bertz CT molecular complexity index is 243. The lowest BCUT2D eigenvalue weighted by Gasteiger charge is -2.14. The summed E-state index contributed by atoms with van der Waals surface area (Å²) in [4.78, 5) is 0. The smallest absolute Gasteiger partial charge is 0.212 e. The van der Waals surface area contributed by atoms with Crippen LogP contribution in [-0.2, 0) is 10.0 Å². The quantitative estimate of drug-likeness (QED) is 0.642. The van der Waals surface area contributed by atoms with Gasteiger partial charge in [-0.25, -0.2) is 13.1 Å². The van der Waals surface area contributed by atoms with E-state index in [1.54, 1.807) is 13.8 Å². The van der Waals surface area contributed by atoms with E-state index < -0.39 is 10.0 Å². The van der Waals surface area contributed by atoms with E-state index >= 15 is 0 Å². The monoisotopic (exact) mass is 243 g/mol. The molecule has 0 amide bonds. The number of sulfonamides is 1. The van der Waals surface area contributed by atoms with Crippen molar-refractivity contribution >= 4 is 21.6 Å². The van der Waals surface area contributed by atoms with E-state index in [2.05, 4.69) is 4.72 Å². The molecular weight excluding hydrogens is 226 g/mol. The van der Waals surface area contributed by atoms with Gasteiger partial charge in [0, 0.05) is 18.5 Å². The molecule has 0 aromatic carbocycles. The second kappa shape index (κ2) is 6.61. The van der Waals surface area contributed by atoms with Crippen LogP contribution in [0.25, 0.3) is 0 Å². The second-order valence-corrected chi connectivity index (χ2v) is 5.68.